The number of benzene rings is 3. The molecule has 0 saturated heterocycles. The Morgan fingerprint density at radius 3 is 2.23 bits per heavy atom. The van der Waals surface area contributed by atoms with Crippen molar-refractivity contribution in [1.82, 2.24) is 20.2 Å². The average molecular weight is 399 g/mol. The Kier molecular flexibility index (Phi) is 5.91. The van der Waals surface area contributed by atoms with Crippen molar-refractivity contribution < 1.29 is 9.53 Å². The summed E-state index contributed by atoms with van der Waals surface area (Å²) in [5, 5.41) is 14.1. The summed E-state index contributed by atoms with van der Waals surface area (Å²) in [5.41, 5.74) is 4.47. The number of carbonyl (C=O) groups is 1. The lowest BCUT2D eigenvalue weighted by Gasteiger charge is -2.19. The van der Waals surface area contributed by atoms with Crippen LogP contribution >= 0.6 is 0 Å². The van der Waals surface area contributed by atoms with E-state index in [1.807, 2.05) is 85.8 Å². The normalized spacial score (nSPS) is 10.9. The molecule has 150 valence electrons. The van der Waals surface area contributed by atoms with Crippen LogP contribution in [0.15, 0.2) is 85.2 Å². The van der Waals surface area contributed by atoms with E-state index in [2.05, 4.69) is 20.8 Å². The zero-order valence-electron chi connectivity index (χ0n) is 16.5. The Labute approximate surface area is 174 Å². The summed E-state index contributed by atoms with van der Waals surface area (Å²) < 4.78 is 7.60. The fourth-order valence-electron chi connectivity index (χ4n) is 3.26. The molecule has 0 spiro atoms. The van der Waals surface area contributed by atoms with Crippen LogP contribution < -0.4 is 5.32 Å². The van der Waals surface area contributed by atoms with Gasteiger partial charge in [0.2, 0.25) is 5.91 Å². The van der Waals surface area contributed by atoms with Crippen molar-refractivity contribution in [3.8, 4) is 5.69 Å². The van der Waals surface area contributed by atoms with Gasteiger partial charge < -0.3 is 10.1 Å². The lowest BCUT2D eigenvalue weighted by atomic mass is 10.0. The number of ether oxygens (including phenoxy) is 1. The first-order valence-electron chi connectivity index (χ1n) is 9.56. The number of hydrogen-bond donors (Lipinski definition) is 1. The second kappa shape index (κ2) is 9.11. The summed E-state index contributed by atoms with van der Waals surface area (Å²) >= 11 is 0. The molecule has 30 heavy (non-hydrogen) atoms. The Balaban J connectivity index is 1.43. The van der Waals surface area contributed by atoms with Gasteiger partial charge in [-0.25, -0.2) is 4.68 Å². The summed E-state index contributed by atoms with van der Waals surface area (Å²) in [7, 11) is 0. The molecule has 0 radical (unpaired) electrons. The zero-order chi connectivity index (χ0) is 20.8. The highest BCUT2D eigenvalue weighted by Gasteiger charge is 2.16. The molecule has 1 aromatic heterocycles. The molecule has 7 nitrogen and oxygen atoms in total. The second-order valence-electron chi connectivity index (χ2n) is 6.82. The van der Waals surface area contributed by atoms with Crippen LogP contribution in [0, 0.1) is 6.92 Å². The van der Waals surface area contributed by atoms with E-state index in [-0.39, 0.29) is 18.6 Å². The Hall–Kier alpha value is -3.84. The smallest absolute Gasteiger partial charge is 0.250 e. The first-order valence-corrected chi connectivity index (χ1v) is 9.56. The van der Waals surface area contributed by atoms with Crippen LogP contribution in [0.2, 0.25) is 0 Å². The van der Waals surface area contributed by atoms with Crippen LogP contribution in [0.1, 0.15) is 22.8 Å². The Bertz CT molecular complexity index is 1060. The molecule has 1 N–H and O–H groups in total. The minimum Gasteiger partial charge on any atom is -0.359 e. The molecular formula is C23H21N5O2. The maximum atomic E-state index is 12.5. The van der Waals surface area contributed by atoms with Crippen molar-refractivity contribution in [2.24, 2.45) is 0 Å². The van der Waals surface area contributed by atoms with Crippen LogP contribution in [0.3, 0.4) is 0 Å². The molecule has 0 saturated carbocycles. The fraction of sp³-hybridized carbons (Fsp3) is 0.130. The average Bonchev–Trinajstić information content (AvgIpc) is 3.30. The van der Waals surface area contributed by atoms with E-state index in [0.29, 0.717) is 5.69 Å². The summed E-state index contributed by atoms with van der Waals surface area (Å²) in [4.78, 5) is 12.5. The van der Waals surface area contributed by atoms with Gasteiger partial charge in [0.05, 0.1) is 5.69 Å². The molecule has 0 aliphatic rings. The number of nitrogens with zero attached hydrogens (tertiary/aromatic N) is 4. The molecule has 1 heterocycles. The maximum absolute atomic E-state index is 12.5. The predicted molar refractivity (Wildman–Crippen MR) is 113 cm³/mol. The lowest BCUT2D eigenvalue weighted by molar-refractivity contribution is -0.121. The van der Waals surface area contributed by atoms with Crippen LogP contribution in [0.4, 0.5) is 5.69 Å². The lowest BCUT2D eigenvalue weighted by Crippen LogP contribution is -2.20. The number of nitrogens with one attached hydrogen (secondary N) is 1. The number of amides is 1. The van der Waals surface area contributed by atoms with E-state index in [9.17, 15) is 4.79 Å². The molecule has 4 aromatic rings. The van der Waals surface area contributed by atoms with E-state index < -0.39 is 0 Å². The van der Waals surface area contributed by atoms with Gasteiger partial charge in [0.25, 0.3) is 0 Å². The molecule has 4 rings (SSSR count). The van der Waals surface area contributed by atoms with Gasteiger partial charge in [-0.1, -0.05) is 60.7 Å². The molecule has 1 amide bonds. The molecule has 0 atom stereocenters. The Morgan fingerprint density at radius 1 is 1.00 bits per heavy atom. The second-order valence-corrected chi connectivity index (χ2v) is 6.82. The third-order valence-electron chi connectivity index (χ3n) is 4.66. The van der Waals surface area contributed by atoms with Crippen LogP contribution in [-0.4, -0.2) is 32.7 Å². The first kappa shape index (κ1) is 19.5. The van der Waals surface area contributed by atoms with Gasteiger partial charge in [-0.3, -0.25) is 4.79 Å². The third kappa shape index (κ3) is 4.59. The molecule has 3 aromatic carbocycles. The highest BCUT2D eigenvalue weighted by molar-refractivity contribution is 5.92. The van der Waals surface area contributed by atoms with Gasteiger partial charge in [0, 0.05) is 5.69 Å². The number of hydrogen-bond acceptors (Lipinski definition) is 5. The standard InChI is InChI=1S/C23H21N5O2/c1-17-14-20(12-13-21(17)28-16-24-26-27-28)25-22(29)15-30-23(18-8-4-2-5-9-18)19-10-6-3-7-11-19/h2-14,16,23H,15H2,1H3,(H,25,29). The number of rotatable bonds is 7. The van der Waals surface area contributed by atoms with Crippen molar-refractivity contribution in [3.05, 3.63) is 102 Å². The molecule has 0 fully saturated rings. The van der Waals surface area contributed by atoms with Gasteiger partial charge in [-0.05, 0) is 52.2 Å². The third-order valence-corrected chi connectivity index (χ3v) is 4.66. The Morgan fingerprint density at radius 2 is 1.67 bits per heavy atom. The number of tetrazole rings is 1. The van der Waals surface area contributed by atoms with Crippen molar-refractivity contribution in [2.45, 2.75) is 13.0 Å². The maximum Gasteiger partial charge on any atom is 0.250 e. The van der Waals surface area contributed by atoms with Crippen LogP contribution in [-0.2, 0) is 9.53 Å². The van der Waals surface area contributed by atoms with Crippen molar-refractivity contribution in [3.63, 3.8) is 0 Å². The molecule has 0 aliphatic heterocycles. The molecular weight excluding hydrogens is 378 g/mol. The van der Waals surface area contributed by atoms with Gasteiger partial charge in [0.15, 0.2) is 0 Å². The SMILES string of the molecule is Cc1cc(NC(=O)COC(c2ccccc2)c2ccccc2)ccc1-n1cnnn1. The highest BCUT2D eigenvalue weighted by atomic mass is 16.5. The molecule has 0 unspecified atom stereocenters. The monoisotopic (exact) mass is 399 g/mol. The van der Waals surface area contributed by atoms with Crippen LogP contribution in [0.5, 0.6) is 0 Å². The number of anilines is 1. The van der Waals surface area contributed by atoms with Gasteiger partial charge in [-0.15, -0.1) is 5.10 Å². The van der Waals surface area contributed by atoms with Crippen molar-refractivity contribution in [1.29, 1.82) is 0 Å². The van der Waals surface area contributed by atoms with Gasteiger partial charge in [-0.2, -0.15) is 0 Å². The number of aromatic nitrogens is 4. The largest absolute Gasteiger partial charge is 0.359 e. The zero-order valence-corrected chi connectivity index (χ0v) is 16.5. The minimum absolute atomic E-state index is 0.0672. The fourth-order valence-corrected chi connectivity index (χ4v) is 3.26. The minimum atomic E-state index is -0.318. The van der Waals surface area contributed by atoms with E-state index >= 15 is 0 Å². The summed E-state index contributed by atoms with van der Waals surface area (Å²) in [6, 6.07) is 25.3. The van der Waals surface area contributed by atoms with E-state index in [1.54, 1.807) is 4.68 Å². The highest BCUT2D eigenvalue weighted by Crippen LogP contribution is 2.26. The predicted octanol–water partition coefficient (Wildman–Crippen LogP) is 3.72. The molecule has 7 heteroatoms. The molecule has 0 bridgehead atoms. The van der Waals surface area contributed by atoms with Gasteiger partial charge >= 0.3 is 0 Å². The topological polar surface area (TPSA) is 81.9 Å². The van der Waals surface area contributed by atoms with Crippen molar-refractivity contribution in [2.75, 3.05) is 11.9 Å². The van der Waals surface area contributed by atoms with E-state index in [4.69, 9.17) is 4.74 Å². The van der Waals surface area contributed by atoms with E-state index in [1.165, 1.54) is 6.33 Å². The van der Waals surface area contributed by atoms with Crippen LogP contribution in [0.25, 0.3) is 5.69 Å². The molecule has 0 aliphatic carbocycles. The summed E-state index contributed by atoms with van der Waals surface area (Å²) in [5.74, 6) is -0.221. The van der Waals surface area contributed by atoms with Crippen molar-refractivity contribution >= 4 is 11.6 Å². The first-order chi connectivity index (χ1) is 14.7. The van der Waals surface area contributed by atoms with Gasteiger partial charge in [0.1, 0.15) is 19.0 Å². The number of carbonyl (C=O) groups excluding carboxylic acids is 1. The quantitative estimate of drug-likeness (QED) is 0.512. The summed E-state index contributed by atoms with van der Waals surface area (Å²) in [6.07, 6.45) is 1.21. The van der Waals surface area contributed by atoms with E-state index in [0.717, 1.165) is 22.4 Å². The summed E-state index contributed by atoms with van der Waals surface area (Å²) in [6.45, 7) is 1.87. The number of aryl methyl sites for hydroxylation is 1.